The predicted octanol–water partition coefficient (Wildman–Crippen LogP) is 2.66. The Bertz CT molecular complexity index is 639. The van der Waals surface area contributed by atoms with Gasteiger partial charge in [0.25, 0.3) is 0 Å². The molecule has 0 unspecified atom stereocenters. The SMILES string of the molecule is COc1ccc(/C=N\NC(=O)CC[C@H](O)c2ccccc2)cc1. The molecular formula is C18H20N2O3. The Labute approximate surface area is 135 Å². The largest absolute Gasteiger partial charge is 0.497 e. The Balaban J connectivity index is 1.75. The number of methoxy groups -OCH3 is 1. The molecule has 23 heavy (non-hydrogen) atoms. The second-order valence-electron chi connectivity index (χ2n) is 5.03. The van der Waals surface area contributed by atoms with Gasteiger partial charge in [-0.15, -0.1) is 0 Å². The van der Waals surface area contributed by atoms with E-state index in [1.54, 1.807) is 13.3 Å². The van der Waals surface area contributed by atoms with E-state index in [1.165, 1.54) is 0 Å². The number of hydrogen-bond acceptors (Lipinski definition) is 4. The fourth-order valence-electron chi connectivity index (χ4n) is 2.03. The number of carbonyl (C=O) groups is 1. The molecule has 0 aliphatic rings. The molecule has 0 saturated heterocycles. The molecule has 1 atom stereocenters. The number of aliphatic hydroxyl groups is 1. The molecule has 0 aliphatic carbocycles. The third-order valence-electron chi connectivity index (χ3n) is 3.35. The van der Waals surface area contributed by atoms with Crippen LogP contribution in [0.2, 0.25) is 0 Å². The topological polar surface area (TPSA) is 70.9 Å². The molecule has 0 radical (unpaired) electrons. The Morgan fingerprint density at radius 2 is 1.91 bits per heavy atom. The molecule has 2 rings (SSSR count). The summed E-state index contributed by atoms with van der Waals surface area (Å²) in [7, 11) is 1.60. The first-order chi connectivity index (χ1) is 11.2. The summed E-state index contributed by atoms with van der Waals surface area (Å²) in [6, 6.07) is 16.6. The molecule has 0 aliphatic heterocycles. The number of hydrogen-bond donors (Lipinski definition) is 2. The number of hydrazone groups is 1. The Morgan fingerprint density at radius 1 is 1.22 bits per heavy atom. The summed E-state index contributed by atoms with van der Waals surface area (Å²) < 4.78 is 5.06. The molecule has 120 valence electrons. The van der Waals surface area contributed by atoms with Gasteiger partial charge in [-0.3, -0.25) is 4.79 Å². The van der Waals surface area contributed by atoms with Crippen molar-refractivity contribution in [2.75, 3.05) is 7.11 Å². The number of benzene rings is 2. The second-order valence-corrected chi connectivity index (χ2v) is 5.03. The number of aliphatic hydroxyl groups excluding tert-OH is 1. The maximum absolute atomic E-state index is 11.7. The van der Waals surface area contributed by atoms with Gasteiger partial charge in [-0.1, -0.05) is 30.3 Å². The average Bonchev–Trinajstić information content (AvgIpc) is 2.61. The highest BCUT2D eigenvalue weighted by Gasteiger charge is 2.09. The first-order valence-electron chi connectivity index (χ1n) is 7.38. The summed E-state index contributed by atoms with van der Waals surface area (Å²) in [6.07, 6.45) is 1.47. The number of carbonyl (C=O) groups excluding carboxylic acids is 1. The van der Waals surface area contributed by atoms with Gasteiger partial charge in [0.1, 0.15) is 5.75 Å². The van der Waals surface area contributed by atoms with Crippen LogP contribution in [0.5, 0.6) is 5.75 Å². The van der Waals surface area contributed by atoms with Crippen LogP contribution in [-0.4, -0.2) is 24.3 Å². The van der Waals surface area contributed by atoms with E-state index in [4.69, 9.17) is 4.74 Å². The van der Waals surface area contributed by atoms with Crippen molar-refractivity contribution in [1.82, 2.24) is 5.43 Å². The molecule has 0 bridgehead atoms. The van der Waals surface area contributed by atoms with Gasteiger partial charge in [0.2, 0.25) is 5.91 Å². The molecule has 5 nitrogen and oxygen atoms in total. The lowest BCUT2D eigenvalue weighted by molar-refractivity contribution is -0.121. The number of ether oxygens (including phenoxy) is 1. The summed E-state index contributed by atoms with van der Waals surface area (Å²) in [5.41, 5.74) is 4.12. The molecule has 0 fully saturated rings. The summed E-state index contributed by atoms with van der Waals surface area (Å²) in [5.74, 6) is 0.533. The van der Waals surface area contributed by atoms with Crippen LogP contribution in [0.15, 0.2) is 59.7 Å². The van der Waals surface area contributed by atoms with E-state index in [1.807, 2.05) is 54.6 Å². The van der Waals surface area contributed by atoms with Crippen LogP contribution >= 0.6 is 0 Å². The van der Waals surface area contributed by atoms with E-state index < -0.39 is 6.10 Å². The number of amides is 1. The minimum absolute atomic E-state index is 0.204. The van der Waals surface area contributed by atoms with Crippen molar-refractivity contribution >= 4 is 12.1 Å². The van der Waals surface area contributed by atoms with Crippen molar-refractivity contribution in [1.29, 1.82) is 0 Å². The van der Waals surface area contributed by atoms with Crippen molar-refractivity contribution in [3.05, 3.63) is 65.7 Å². The average molecular weight is 312 g/mol. The smallest absolute Gasteiger partial charge is 0.240 e. The number of rotatable bonds is 7. The van der Waals surface area contributed by atoms with Gasteiger partial charge in [0.15, 0.2) is 0 Å². The molecule has 2 aromatic carbocycles. The lowest BCUT2D eigenvalue weighted by atomic mass is 10.1. The van der Waals surface area contributed by atoms with E-state index in [2.05, 4.69) is 10.5 Å². The van der Waals surface area contributed by atoms with Gasteiger partial charge in [-0.2, -0.15) is 5.10 Å². The van der Waals surface area contributed by atoms with Gasteiger partial charge in [-0.05, 0) is 41.8 Å². The Morgan fingerprint density at radius 3 is 2.57 bits per heavy atom. The summed E-state index contributed by atoms with van der Waals surface area (Å²) in [6.45, 7) is 0. The van der Waals surface area contributed by atoms with Crippen molar-refractivity contribution in [3.63, 3.8) is 0 Å². The van der Waals surface area contributed by atoms with Crippen LogP contribution in [0.1, 0.15) is 30.1 Å². The zero-order chi connectivity index (χ0) is 16.5. The molecule has 5 heteroatoms. The Hall–Kier alpha value is -2.66. The van der Waals surface area contributed by atoms with E-state index in [0.29, 0.717) is 6.42 Å². The normalized spacial score (nSPS) is 12.1. The number of nitrogens with one attached hydrogen (secondary N) is 1. The van der Waals surface area contributed by atoms with Gasteiger partial charge in [-0.25, -0.2) is 5.43 Å². The van der Waals surface area contributed by atoms with E-state index in [9.17, 15) is 9.90 Å². The third-order valence-corrected chi connectivity index (χ3v) is 3.35. The lowest BCUT2D eigenvalue weighted by Gasteiger charge is -2.09. The summed E-state index contributed by atoms with van der Waals surface area (Å²) >= 11 is 0. The van der Waals surface area contributed by atoms with E-state index in [0.717, 1.165) is 16.9 Å². The van der Waals surface area contributed by atoms with Gasteiger partial charge < -0.3 is 9.84 Å². The summed E-state index contributed by atoms with van der Waals surface area (Å²) in [4.78, 5) is 11.7. The van der Waals surface area contributed by atoms with Crippen molar-refractivity contribution in [2.24, 2.45) is 5.10 Å². The minimum Gasteiger partial charge on any atom is -0.497 e. The maximum Gasteiger partial charge on any atom is 0.240 e. The molecule has 2 aromatic rings. The standard InChI is InChI=1S/C18H20N2O3/c1-23-16-9-7-14(8-10-16)13-19-20-18(22)12-11-17(21)15-5-3-2-4-6-15/h2-10,13,17,21H,11-12H2,1H3,(H,20,22)/b19-13-/t17-/m0/s1. The minimum atomic E-state index is -0.646. The highest BCUT2D eigenvalue weighted by Crippen LogP contribution is 2.17. The van der Waals surface area contributed by atoms with Gasteiger partial charge in [0, 0.05) is 6.42 Å². The van der Waals surface area contributed by atoms with Crippen molar-refractivity contribution < 1.29 is 14.6 Å². The number of nitrogens with zero attached hydrogens (tertiary/aromatic N) is 1. The van der Waals surface area contributed by atoms with Crippen LogP contribution in [0, 0.1) is 0 Å². The Kier molecular flexibility index (Phi) is 6.32. The molecule has 0 heterocycles. The monoisotopic (exact) mass is 312 g/mol. The fourth-order valence-corrected chi connectivity index (χ4v) is 2.03. The predicted molar refractivity (Wildman–Crippen MR) is 89.4 cm³/mol. The van der Waals surface area contributed by atoms with E-state index in [-0.39, 0.29) is 12.3 Å². The highest BCUT2D eigenvalue weighted by molar-refractivity contribution is 5.82. The zero-order valence-electron chi connectivity index (χ0n) is 13.0. The molecule has 0 spiro atoms. The quantitative estimate of drug-likeness (QED) is 0.610. The molecular weight excluding hydrogens is 292 g/mol. The van der Waals surface area contributed by atoms with Crippen LogP contribution in [-0.2, 0) is 4.79 Å². The first kappa shape index (κ1) is 16.7. The fraction of sp³-hybridized carbons (Fsp3) is 0.222. The van der Waals surface area contributed by atoms with Crippen molar-refractivity contribution in [2.45, 2.75) is 18.9 Å². The van der Waals surface area contributed by atoms with Crippen LogP contribution in [0.3, 0.4) is 0 Å². The second kappa shape index (κ2) is 8.70. The van der Waals surface area contributed by atoms with Gasteiger partial charge in [0.05, 0.1) is 19.4 Å². The highest BCUT2D eigenvalue weighted by atomic mass is 16.5. The maximum atomic E-state index is 11.7. The molecule has 2 N–H and O–H groups in total. The molecule has 0 saturated carbocycles. The summed E-state index contributed by atoms with van der Waals surface area (Å²) in [5, 5.41) is 13.9. The molecule has 1 amide bonds. The lowest BCUT2D eigenvalue weighted by Crippen LogP contribution is -2.18. The van der Waals surface area contributed by atoms with Crippen molar-refractivity contribution in [3.8, 4) is 5.75 Å². The zero-order valence-corrected chi connectivity index (χ0v) is 13.0. The van der Waals surface area contributed by atoms with Crippen LogP contribution in [0.25, 0.3) is 0 Å². The first-order valence-corrected chi connectivity index (χ1v) is 7.38. The van der Waals surface area contributed by atoms with E-state index >= 15 is 0 Å². The van der Waals surface area contributed by atoms with Crippen LogP contribution < -0.4 is 10.2 Å². The third kappa shape index (κ3) is 5.56. The van der Waals surface area contributed by atoms with Crippen LogP contribution in [0.4, 0.5) is 0 Å². The molecule has 0 aromatic heterocycles. The van der Waals surface area contributed by atoms with Gasteiger partial charge >= 0.3 is 0 Å².